The molecule has 1 N–H and O–H groups in total. The lowest BCUT2D eigenvalue weighted by Gasteiger charge is -2.21. The van der Waals surface area contributed by atoms with Crippen molar-refractivity contribution in [2.75, 3.05) is 31.1 Å². The van der Waals surface area contributed by atoms with Crippen LogP contribution in [0.2, 0.25) is 0 Å². The van der Waals surface area contributed by atoms with Crippen molar-refractivity contribution in [3.63, 3.8) is 0 Å². The lowest BCUT2D eigenvalue weighted by Crippen LogP contribution is -2.21. The Morgan fingerprint density at radius 2 is 2.05 bits per heavy atom. The lowest BCUT2D eigenvalue weighted by molar-refractivity contribution is -0.141. The van der Waals surface area contributed by atoms with Gasteiger partial charge in [0.2, 0.25) is 0 Å². The summed E-state index contributed by atoms with van der Waals surface area (Å²) in [6.07, 6.45) is 1.48. The Bertz CT molecular complexity index is 468. The largest absolute Gasteiger partial charge is 0.507 e. The number of hydrogen-bond acceptors (Lipinski definition) is 5. The first-order valence-electron chi connectivity index (χ1n) is 6.85. The second-order valence-electron chi connectivity index (χ2n) is 4.19. The van der Waals surface area contributed by atoms with Crippen molar-refractivity contribution < 1.29 is 14.6 Å². The minimum absolute atomic E-state index is 0.0366. The molecule has 0 saturated carbocycles. The van der Waals surface area contributed by atoms with Gasteiger partial charge in [0.05, 0.1) is 6.61 Å². The minimum atomic E-state index is -0.372. The highest BCUT2D eigenvalue weighted by atomic mass is 16.5. The van der Waals surface area contributed by atoms with Gasteiger partial charge < -0.3 is 14.7 Å². The van der Waals surface area contributed by atoms with Crippen molar-refractivity contribution in [1.82, 2.24) is 0 Å². The zero-order valence-corrected chi connectivity index (χ0v) is 12.3. The smallest absolute Gasteiger partial charge is 0.327 e. The minimum Gasteiger partial charge on any atom is -0.507 e. The third kappa shape index (κ3) is 4.57. The van der Waals surface area contributed by atoms with Crippen molar-refractivity contribution in [2.45, 2.75) is 20.8 Å². The number of ether oxygens (including phenoxy) is 1. The van der Waals surface area contributed by atoms with Crippen molar-refractivity contribution in [2.24, 2.45) is 4.99 Å². The molecule has 0 aliphatic rings. The molecule has 1 aromatic carbocycles. The van der Waals surface area contributed by atoms with Gasteiger partial charge in [0.1, 0.15) is 12.3 Å². The Kier molecular flexibility index (Phi) is 6.56. The second kappa shape index (κ2) is 8.19. The van der Waals surface area contributed by atoms with Gasteiger partial charge in [0, 0.05) is 36.6 Å². The van der Waals surface area contributed by atoms with Gasteiger partial charge >= 0.3 is 5.97 Å². The number of aliphatic imine (C=N–C) groups is 1. The van der Waals surface area contributed by atoms with Gasteiger partial charge in [-0.05, 0) is 32.9 Å². The first-order valence-corrected chi connectivity index (χ1v) is 6.85. The molecule has 0 aromatic heterocycles. The van der Waals surface area contributed by atoms with Crippen LogP contribution < -0.4 is 4.90 Å². The molecule has 0 unspecified atom stereocenters. The monoisotopic (exact) mass is 278 g/mol. The van der Waals surface area contributed by atoms with Crippen molar-refractivity contribution in [1.29, 1.82) is 0 Å². The number of rotatable bonds is 7. The molecule has 0 heterocycles. The zero-order valence-electron chi connectivity index (χ0n) is 12.3. The van der Waals surface area contributed by atoms with Gasteiger partial charge in [-0.15, -0.1) is 0 Å². The lowest BCUT2D eigenvalue weighted by atomic mass is 10.2. The molecule has 20 heavy (non-hydrogen) atoms. The predicted molar refractivity (Wildman–Crippen MR) is 80.8 cm³/mol. The number of carbonyl (C=O) groups is 1. The van der Waals surface area contributed by atoms with Crippen LogP contribution in [-0.4, -0.2) is 43.5 Å². The summed E-state index contributed by atoms with van der Waals surface area (Å²) in [4.78, 5) is 17.2. The summed E-state index contributed by atoms with van der Waals surface area (Å²) in [5.74, 6) is -0.218. The maximum atomic E-state index is 11.1. The molecule has 0 saturated heterocycles. The number of esters is 1. The van der Waals surface area contributed by atoms with E-state index in [1.807, 2.05) is 6.07 Å². The van der Waals surface area contributed by atoms with E-state index in [9.17, 15) is 9.90 Å². The Balaban J connectivity index is 2.73. The molecule has 1 aromatic rings. The standard InChI is InChI=1S/C15H22N2O3/c1-4-17(5-2)13-8-7-12(14(18)9-13)10-16-11-15(19)20-6-3/h7-10,18H,4-6,11H2,1-3H3. The topological polar surface area (TPSA) is 62.1 Å². The average molecular weight is 278 g/mol. The van der Waals surface area contributed by atoms with Crippen LogP contribution in [0.15, 0.2) is 23.2 Å². The fourth-order valence-electron chi connectivity index (χ4n) is 1.85. The first-order chi connectivity index (χ1) is 9.62. The fraction of sp³-hybridized carbons (Fsp3) is 0.467. The normalized spacial score (nSPS) is 10.8. The Morgan fingerprint density at radius 1 is 1.35 bits per heavy atom. The number of anilines is 1. The predicted octanol–water partition coefficient (Wildman–Crippen LogP) is 2.22. The molecule has 0 atom stereocenters. The number of benzene rings is 1. The first kappa shape index (κ1) is 16.0. The molecule has 110 valence electrons. The average Bonchev–Trinajstić information content (AvgIpc) is 2.43. The maximum absolute atomic E-state index is 11.1. The zero-order chi connectivity index (χ0) is 15.0. The Labute approximate surface area is 119 Å². The molecule has 1 rings (SSSR count). The van der Waals surface area contributed by atoms with Gasteiger partial charge in [0.15, 0.2) is 0 Å². The fourth-order valence-corrected chi connectivity index (χ4v) is 1.85. The van der Waals surface area contributed by atoms with E-state index in [1.54, 1.807) is 19.1 Å². The summed E-state index contributed by atoms with van der Waals surface area (Å²) >= 11 is 0. The van der Waals surface area contributed by atoms with Crippen LogP contribution in [0, 0.1) is 0 Å². The number of carbonyl (C=O) groups excluding carboxylic acids is 1. The van der Waals surface area contributed by atoms with Crippen molar-refractivity contribution >= 4 is 17.9 Å². The van der Waals surface area contributed by atoms with Crippen LogP contribution in [0.1, 0.15) is 26.3 Å². The van der Waals surface area contributed by atoms with Crippen LogP contribution in [0.25, 0.3) is 0 Å². The number of phenolic OH excluding ortho intramolecular Hbond substituents is 1. The van der Waals surface area contributed by atoms with E-state index in [4.69, 9.17) is 4.74 Å². The van der Waals surface area contributed by atoms with Gasteiger partial charge in [-0.2, -0.15) is 0 Å². The molecular weight excluding hydrogens is 256 g/mol. The van der Waals surface area contributed by atoms with E-state index in [0.29, 0.717) is 12.2 Å². The van der Waals surface area contributed by atoms with E-state index in [2.05, 4.69) is 23.7 Å². The highest BCUT2D eigenvalue weighted by Gasteiger charge is 2.05. The summed E-state index contributed by atoms with van der Waals surface area (Å²) in [5, 5.41) is 9.97. The van der Waals surface area contributed by atoms with Gasteiger partial charge in [-0.25, -0.2) is 0 Å². The molecule has 0 aliphatic carbocycles. The van der Waals surface area contributed by atoms with Crippen LogP contribution in [-0.2, 0) is 9.53 Å². The molecule has 0 fully saturated rings. The molecule has 0 spiro atoms. The van der Waals surface area contributed by atoms with Gasteiger partial charge in [0.25, 0.3) is 0 Å². The molecule has 5 heteroatoms. The highest BCUT2D eigenvalue weighted by Crippen LogP contribution is 2.23. The SMILES string of the molecule is CCOC(=O)CN=Cc1ccc(N(CC)CC)cc1O. The third-order valence-corrected chi connectivity index (χ3v) is 2.90. The van der Waals surface area contributed by atoms with Crippen LogP contribution >= 0.6 is 0 Å². The maximum Gasteiger partial charge on any atom is 0.327 e. The number of phenols is 1. The van der Waals surface area contributed by atoms with Crippen LogP contribution in [0.3, 0.4) is 0 Å². The summed E-state index contributed by atoms with van der Waals surface area (Å²) < 4.78 is 4.77. The van der Waals surface area contributed by atoms with Crippen LogP contribution in [0.5, 0.6) is 5.75 Å². The molecular formula is C15H22N2O3. The molecule has 5 nitrogen and oxygen atoms in total. The van der Waals surface area contributed by atoms with Crippen molar-refractivity contribution in [3.8, 4) is 5.75 Å². The number of nitrogens with zero attached hydrogens (tertiary/aromatic N) is 2. The second-order valence-corrected chi connectivity index (χ2v) is 4.19. The van der Waals surface area contributed by atoms with Crippen LogP contribution in [0.4, 0.5) is 5.69 Å². The quantitative estimate of drug-likeness (QED) is 0.613. The molecule has 0 aliphatic heterocycles. The molecule has 0 bridgehead atoms. The summed E-state index contributed by atoms with van der Waals surface area (Å²) in [5.41, 5.74) is 1.56. The summed E-state index contributed by atoms with van der Waals surface area (Å²) in [6, 6.07) is 5.43. The third-order valence-electron chi connectivity index (χ3n) is 2.90. The van der Waals surface area contributed by atoms with E-state index in [1.165, 1.54) is 6.21 Å². The van der Waals surface area contributed by atoms with E-state index in [-0.39, 0.29) is 18.3 Å². The highest BCUT2D eigenvalue weighted by molar-refractivity contribution is 5.86. The number of aromatic hydroxyl groups is 1. The Morgan fingerprint density at radius 3 is 2.60 bits per heavy atom. The van der Waals surface area contributed by atoms with Crippen molar-refractivity contribution in [3.05, 3.63) is 23.8 Å². The van der Waals surface area contributed by atoms with E-state index >= 15 is 0 Å². The van der Waals surface area contributed by atoms with Gasteiger partial charge in [-0.3, -0.25) is 9.79 Å². The summed E-state index contributed by atoms with van der Waals surface area (Å²) in [7, 11) is 0. The van der Waals surface area contributed by atoms with E-state index in [0.717, 1.165) is 18.8 Å². The molecule has 0 radical (unpaired) electrons. The summed E-state index contributed by atoms with van der Waals surface area (Å²) in [6.45, 7) is 7.95. The van der Waals surface area contributed by atoms with Gasteiger partial charge in [-0.1, -0.05) is 0 Å². The Hall–Kier alpha value is -2.04. The van der Waals surface area contributed by atoms with E-state index < -0.39 is 0 Å². The molecule has 0 amide bonds. The number of hydrogen-bond donors (Lipinski definition) is 1.